The fourth-order valence-corrected chi connectivity index (χ4v) is 4.04. The SMILES string of the molecule is COC(=O)CCCCC(=O)N[C@@H](C)C(=O)N1C(=O)C(C)c2ccccc2-c2c(N)cccc21. The number of rotatable bonds is 7. The Morgan fingerprint density at radius 3 is 2.52 bits per heavy atom. The molecule has 0 fully saturated rings. The number of hydrogen-bond donors (Lipinski definition) is 2. The topological polar surface area (TPSA) is 119 Å². The van der Waals surface area contributed by atoms with Crippen molar-refractivity contribution >= 4 is 35.1 Å². The van der Waals surface area contributed by atoms with Gasteiger partial charge >= 0.3 is 5.97 Å². The average molecular weight is 452 g/mol. The zero-order valence-electron chi connectivity index (χ0n) is 19.1. The maximum Gasteiger partial charge on any atom is 0.305 e. The zero-order chi connectivity index (χ0) is 24.1. The van der Waals surface area contributed by atoms with Crippen molar-refractivity contribution < 1.29 is 23.9 Å². The van der Waals surface area contributed by atoms with E-state index in [0.29, 0.717) is 29.8 Å². The van der Waals surface area contributed by atoms with Gasteiger partial charge in [-0.25, -0.2) is 4.90 Å². The number of nitrogen functional groups attached to an aromatic ring is 1. The molecule has 0 aliphatic carbocycles. The first-order valence-electron chi connectivity index (χ1n) is 11.0. The van der Waals surface area contributed by atoms with Gasteiger partial charge in [-0.3, -0.25) is 19.2 Å². The normalized spacial score (nSPS) is 15.7. The van der Waals surface area contributed by atoms with E-state index in [1.165, 1.54) is 7.11 Å². The highest BCUT2D eigenvalue weighted by molar-refractivity contribution is 6.22. The summed E-state index contributed by atoms with van der Waals surface area (Å²) in [6.45, 7) is 3.31. The molecule has 0 saturated carbocycles. The Bertz CT molecular complexity index is 1080. The second-order valence-corrected chi connectivity index (χ2v) is 8.13. The monoisotopic (exact) mass is 451 g/mol. The molecule has 0 saturated heterocycles. The van der Waals surface area contributed by atoms with Crippen molar-refractivity contribution in [2.45, 2.75) is 51.5 Å². The van der Waals surface area contributed by atoms with Gasteiger partial charge in [0, 0.05) is 24.1 Å². The molecule has 1 aliphatic rings. The molecule has 8 heteroatoms. The predicted molar refractivity (Wildman–Crippen MR) is 125 cm³/mol. The summed E-state index contributed by atoms with van der Waals surface area (Å²) in [6, 6.07) is 11.7. The Balaban J connectivity index is 1.81. The number of hydrogen-bond acceptors (Lipinski definition) is 6. The van der Waals surface area contributed by atoms with E-state index in [-0.39, 0.29) is 30.6 Å². The van der Waals surface area contributed by atoms with E-state index in [0.717, 1.165) is 16.0 Å². The van der Waals surface area contributed by atoms with Crippen molar-refractivity contribution in [3.63, 3.8) is 0 Å². The Hall–Kier alpha value is -3.68. The third-order valence-electron chi connectivity index (χ3n) is 5.83. The van der Waals surface area contributed by atoms with Gasteiger partial charge in [-0.2, -0.15) is 0 Å². The number of anilines is 2. The first-order chi connectivity index (χ1) is 15.8. The van der Waals surface area contributed by atoms with Crippen LogP contribution in [-0.4, -0.2) is 36.8 Å². The number of benzene rings is 2. The number of nitrogens with two attached hydrogens (primary N) is 1. The van der Waals surface area contributed by atoms with Gasteiger partial charge in [0.15, 0.2) is 0 Å². The van der Waals surface area contributed by atoms with Gasteiger partial charge in [-0.1, -0.05) is 30.3 Å². The molecule has 33 heavy (non-hydrogen) atoms. The molecule has 2 atom stereocenters. The lowest BCUT2D eigenvalue weighted by Crippen LogP contribution is -2.50. The number of carbonyl (C=O) groups excluding carboxylic acids is 4. The molecule has 3 amide bonds. The molecule has 0 spiro atoms. The smallest absolute Gasteiger partial charge is 0.305 e. The van der Waals surface area contributed by atoms with Crippen LogP contribution < -0.4 is 16.0 Å². The van der Waals surface area contributed by atoms with Crippen molar-refractivity contribution in [3.05, 3.63) is 48.0 Å². The molecule has 0 aromatic heterocycles. The van der Waals surface area contributed by atoms with Gasteiger partial charge in [0.2, 0.25) is 11.8 Å². The van der Waals surface area contributed by atoms with E-state index in [9.17, 15) is 19.2 Å². The summed E-state index contributed by atoms with van der Waals surface area (Å²) in [6.07, 6.45) is 1.39. The number of nitrogens with one attached hydrogen (secondary N) is 1. The fourth-order valence-electron chi connectivity index (χ4n) is 4.04. The zero-order valence-corrected chi connectivity index (χ0v) is 19.1. The van der Waals surface area contributed by atoms with E-state index >= 15 is 0 Å². The lowest BCUT2D eigenvalue weighted by molar-refractivity contribution is -0.140. The van der Waals surface area contributed by atoms with Crippen LogP contribution in [-0.2, 0) is 23.9 Å². The standard InChI is InChI=1S/C25H29N3O5/c1-15-17-9-4-5-10-18(17)23-19(26)11-8-12-20(23)28(24(15)31)25(32)16(2)27-21(29)13-6-7-14-22(30)33-3/h4-5,8-12,15-16H,6-7,13-14,26H2,1-3H3,(H,27,29)/t15?,16-/m0/s1. The minimum atomic E-state index is -0.926. The van der Waals surface area contributed by atoms with Crippen LogP contribution in [0, 0.1) is 0 Å². The predicted octanol–water partition coefficient (Wildman–Crippen LogP) is 3.15. The molecular formula is C25H29N3O5. The van der Waals surface area contributed by atoms with Crippen molar-refractivity contribution in [1.29, 1.82) is 0 Å². The highest BCUT2D eigenvalue weighted by Gasteiger charge is 2.37. The van der Waals surface area contributed by atoms with Crippen molar-refractivity contribution in [3.8, 4) is 11.1 Å². The Morgan fingerprint density at radius 2 is 1.79 bits per heavy atom. The third kappa shape index (κ3) is 5.05. The largest absolute Gasteiger partial charge is 0.469 e. The van der Waals surface area contributed by atoms with Gasteiger partial charge in [-0.15, -0.1) is 0 Å². The number of ether oxygens (including phenoxy) is 1. The molecule has 0 radical (unpaired) electrons. The first kappa shape index (κ1) is 24.0. The first-order valence-corrected chi connectivity index (χ1v) is 11.0. The second kappa shape index (κ2) is 10.3. The molecule has 8 nitrogen and oxygen atoms in total. The van der Waals surface area contributed by atoms with E-state index in [1.54, 1.807) is 32.0 Å². The van der Waals surface area contributed by atoms with Gasteiger partial charge < -0.3 is 15.8 Å². The third-order valence-corrected chi connectivity index (χ3v) is 5.83. The number of fused-ring (bicyclic) bond motifs is 3. The Morgan fingerprint density at radius 1 is 1.09 bits per heavy atom. The number of carbonyl (C=O) groups is 4. The van der Waals surface area contributed by atoms with Crippen LogP contribution in [0.15, 0.2) is 42.5 Å². The maximum atomic E-state index is 13.4. The van der Waals surface area contributed by atoms with E-state index in [4.69, 9.17) is 5.73 Å². The second-order valence-electron chi connectivity index (χ2n) is 8.13. The molecular weight excluding hydrogens is 422 g/mol. The number of imide groups is 1. The van der Waals surface area contributed by atoms with Gasteiger partial charge in [0.05, 0.1) is 18.7 Å². The van der Waals surface area contributed by atoms with Crippen LogP contribution >= 0.6 is 0 Å². The Kier molecular flexibility index (Phi) is 7.48. The number of unbranched alkanes of at least 4 members (excludes halogenated alkanes) is 1. The summed E-state index contributed by atoms with van der Waals surface area (Å²) >= 11 is 0. The van der Waals surface area contributed by atoms with Crippen LogP contribution in [0.2, 0.25) is 0 Å². The van der Waals surface area contributed by atoms with Crippen LogP contribution in [0.5, 0.6) is 0 Å². The van der Waals surface area contributed by atoms with Gasteiger partial charge in [0.25, 0.3) is 5.91 Å². The number of nitrogens with zero attached hydrogens (tertiary/aromatic N) is 1. The molecule has 0 bridgehead atoms. The molecule has 2 aromatic carbocycles. The summed E-state index contributed by atoms with van der Waals surface area (Å²) in [7, 11) is 1.32. The summed E-state index contributed by atoms with van der Waals surface area (Å²) in [4.78, 5) is 51.5. The van der Waals surface area contributed by atoms with E-state index in [1.807, 2.05) is 24.3 Å². The highest BCUT2D eigenvalue weighted by Crippen LogP contribution is 2.44. The average Bonchev–Trinajstić information content (AvgIpc) is 2.90. The summed E-state index contributed by atoms with van der Waals surface area (Å²) < 4.78 is 4.58. The molecule has 1 aliphatic heterocycles. The summed E-state index contributed by atoms with van der Waals surface area (Å²) in [5, 5.41) is 2.67. The highest BCUT2D eigenvalue weighted by atomic mass is 16.5. The molecule has 1 heterocycles. The molecule has 174 valence electrons. The number of esters is 1. The summed E-state index contributed by atoms with van der Waals surface area (Å²) in [5.74, 6) is -2.14. The fraction of sp³-hybridized carbons (Fsp3) is 0.360. The van der Waals surface area contributed by atoms with Crippen LogP contribution in [0.1, 0.15) is 51.0 Å². The van der Waals surface area contributed by atoms with Crippen LogP contribution in [0.4, 0.5) is 11.4 Å². The summed E-state index contributed by atoms with van der Waals surface area (Å²) in [5.41, 5.74) is 9.37. The van der Waals surface area contributed by atoms with Crippen LogP contribution in [0.3, 0.4) is 0 Å². The van der Waals surface area contributed by atoms with Crippen molar-refractivity contribution in [2.75, 3.05) is 17.7 Å². The molecule has 2 aromatic rings. The van der Waals surface area contributed by atoms with Gasteiger partial charge in [0.1, 0.15) is 6.04 Å². The molecule has 3 N–H and O–H groups in total. The minimum Gasteiger partial charge on any atom is -0.469 e. The maximum absolute atomic E-state index is 13.4. The van der Waals surface area contributed by atoms with Crippen molar-refractivity contribution in [2.24, 2.45) is 0 Å². The van der Waals surface area contributed by atoms with Gasteiger partial charge in [-0.05, 0) is 49.9 Å². The number of amides is 3. The lowest BCUT2D eigenvalue weighted by Gasteiger charge is -2.26. The molecule has 1 unspecified atom stereocenters. The van der Waals surface area contributed by atoms with E-state index in [2.05, 4.69) is 10.1 Å². The van der Waals surface area contributed by atoms with Crippen LogP contribution in [0.25, 0.3) is 11.1 Å². The quantitative estimate of drug-likeness (QED) is 0.379. The minimum absolute atomic E-state index is 0.161. The van der Waals surface area contributed by atoms with Crippen molar-refractivity contribution in [1.82, 2.24) is 5.32 Å². The molecule has 3 rings (SSSR count). The Labute approximate surface area is 193 Å². The van der Waals surface area contributed by atoms with E-state index < -0.39 is 17.9 Å². The number of methoxy groups -OCH3 is 1. The lowest BCUT2D eigenvalue weighted by atomic mass is 9.92.